The summed E-state index contributed by atoms with van der Waals surface area (Å²) < 4.78 is 5.31. The van der Waals surface area contributed by atoms with Crippen LogP contribution in [0.25, 0.3) is 11.3 Å². The van der Waals surface area contributed by atoms with Crippen molar-refractivity contribution in [1.82, 2.24) is 9.97 Å². The van der Waals surface area contributed by atoms with Crippen LogP contribution in [0.5, 0.6) is 5.75 Å². The molecule has 0 spiro atoms. The van der Waals surface area contributed by atoms with Crippen LogP contribution < -0.4 is 10.5 Å². The lowest BCUT2D eigenvalue weighted by Gasteiger charge is -2.08. The van der Waals surface area contributed by atoms with Crippen LogP contribution in [0.15, 0.2) is 18.2 Å². The number of benzene rings is 1. The SMILES string of the molecule is COc1ccc(Cl)cc1-c1nc(C)[nH]c1CN. The summed E-state index contributed by atoms with van der Waals surface area (Å²) in [6.45, 7) is 2.28. The van der Waals surface area contributed by atoms with Crippen molar-refractivity contribution in [3.8, 4) is 17.0 Å². The molecule has 0 atom stereocenters. The van der Waals surface area contributed by atoms with Crippen LogP contribution in [0.4, 0.5) is 0 Å². The predicted molar refractivity (Wildman–Crippen MR) is 68.2 cm³/mol. The van der Waals surface area contributed by atoms with E-state index in [1.165, 1.54) is 0 Å². The van der Waals surface area contributed by atoms with Crippen molar-refractivity contribution >= 4 is 11.6 Å². The third-order valence-electron chi connectivity index (χ3n) is 2.52. The summed E-state index contributed by atoms with van der Waals surface area (Å²) in [4.78, 5) is 7.56. The van der Waals surface area contributed by atoms with E-state index in [1.54, 1.807) is 13.2 Å². The maximum atomic E-state index is 6.00. The zero-order valence-corrected chi connectivity index (χ0v) is 10.5. The van der Waals surface area contributed by atoms with E-state index in [4.69, 9.17) is 22.1 Å². The number of aryl methyl sites for hydroxylation is 1. The number of nitrogens with zero attached hydrogens (tertiary/aromatic N) is 1. The second kappa shape index (κ2) is 4.77. The number of aromatic nitrogens is 2. The van der Waals surface area contributed by atoms with E-state index in [9.17, 15) is 0 Å². The van der Waals surface area contributed by atoms with Crippen LogP contribution in [-0.4, -0.2) is 17.1 Å². The van der Waals surface area contributed by atoms with Gasteiger partial charge in [0.15, 0.2) is 0 Å². The number of methoxy groups -OCH3 is 1. The number of aromatic amines is 1. The Labute approximate surface area is 105 Å². The average molecular weight is 252 g/mol. The normalized spacial score (nSPS) is 10.6. The molecule has 0 fully saturated rings. The maximum absolute atomic E-state index is 6.00. The number of ether oxygens (including phenoxy) is 1. The molecule has 0 saturated carbocycles. The summed E-state index contributed by atoms with van der Waals surface area (Å²) in [5.74, 6) is 1.55. The van der Waals surface area contributed by atoms with Crippen LogP contribution in [0.1, 0.15) is 11.5 Å². The molecule has 0 saturated heterocycles. The summed E-state index contributed by atoms with van der Waals surface area (Å²) in [5, 5.41) is 0.643. The van der Waals surface area contributed by atoms with Crippen molar-refractivity contribution in [1.29, 1.82) is 0 Å². The molecular weight excluding hydrogens is 238 g/mol. The lowest BCUT2D eigenvalue weighted by molar-refractivity contribution is 0.416. The van der Waals surface area contributed by atoms with Gasteiger partial charge in [0.1, 0.15) is 11.6 Å². The molecular formula is C12H14ClN3O. The minimum atomic E-state index is 0.395. The van der Waals surface area contributed by atoms with Crippen molar-refractivity contribution < 1.29 is 4.74 Å². The van der Waals surface area contributed by atoms with Crippen molar-refractivity contribution in [2.24, 2.45) is 5.73 Å². The standard InChI is InChI=1S/C12H14ClN3O/c1-7-15-10(6-14)12(16-7)9-5-8(13)3-4-11(9)17-2/h3-5H,6,14H2,1-2H3,(H,15,16). The quantitative estimate of drug-likeness (QED) is 0.881. The number of hydrogen-bond acceptors (Lipinski definition) is 3. The van der Waals surface area contributed by atoms with Crippen molar-refractivity contribution in [2.75, 3.05) is 7.11 Å². The molecule has 0 bridgehead atoms. The Morgan fingerprint density at radius 3 is 2.88 bits per heavy atom. The Morgan fingerprint density at radius 1 is 1.47 bits per heavy atom. The Morgan fingerprint density at radius 2 is 2.24 bits per heavy atom. The van der Waals surface area contributed by atoms with Gasteiger partial charge in [-0.2, -0.15) is 0 Å². The summed E-state index contributed by atoms with van der Waals surface area (Å²) in [6.07, 6.45) is 0. The van der Waals surface area contributed by atoms with E-state index in [-0.39, 0.29) is 0 Å². The van der Waals surface area contributed by atoms with E-state index < -0.39 is 0 Å². The highest BCUT2D eigenvalue weighted by Crippen LogP contribution is 2.33. The largest absolute Gasteiger partial charge is 0.496 e. The molecule has 90 valence electrons. The average Bonchev–Trinajstić information content (AvgIpc) is 2.70. The molecule has 2 aromatic rings. The predicted octanol–water partition coefficient (Wildman–Crippen LogP) is 2.51. The Hall–Kier alpha value is -1.52. The molecule has 1 aromatic heterocycles. The molecule has 1 aromatic carbocycles. The lowest BCUT2D eigenvalue weighted by Crippen LogP contribution is -1.99. The van der Waals surface area contributed by atoms with Gasteiger partial charge in [-0.15, -0.1) is 0 Å². The van der Waals surface area contributed by atoms with Gasteiger partial charge in [-0.1, -0.05) is 11.6 Å². The number of halogens is 1. The summed E-state index contributed by atoms with van der Waals surface area (Å²) >= 11 is 6.00. The molecule has 1 heterocycles. The highest BCUT2D eigenvalue weighted by atomic mass is 35.5. The van der Waals surface area contributed by atoms with Gasteiger partial charge in [0.25, 0.3) is 0 Å². The monoisotopic (exact) mass is 251 g/mol. The second-order valence-corrected chi connectivity index (χ2v) is 4.13. The first kappa shape index (κ1) is 12.0. The van der Waals surface area contributed by atoms with Gasteiger partial charge in [-0.25, -0.2) is 4.98 Å². The summed E-state index contributed by atoms with van der Waals surface area (Å²) in [6, 6.07) is 5.43. The van der Waals surface area contributed by atoms with E-state index in [0.29, 0.717) is 11.6 Å². The zero-order chi connectivity index (χ0) is 12.4. The summed E-state index contributed by atoms with van der Waals surface area (Å²) in [7, 11) is 1.62. The fourth-order valence-corrected chi connectivity index (χ4v) is 1.95. The van der Waals surface area contributed by atoms with Gasteiger partial charge in [0.2, 0.25) is 0 Å². The second-order valence-electron chi connectivity index (χ2n) is 3.70. The van der Waals surface area contributed by atoms with Crippen molar-refractivity contribution in [2.45, 2.75) is 13.5 Å². The number of H-pyrrole nitrogens is 1. The maximum Gasteiger partial charge on any atom is 0.128 e. The number of imidazole rings is 1. The lowest BCUT2D eigenvalue weighted by atomic mass is 10.1. The van der Waals surface area contributed by atoms with E-state index in [1.807, 2.05) is 19.1 Å². The molecule has 2 rings (SSSR count). The Bertz CT molecular complexity index is 537. The topological polar surface area (TPSA) is 63.9 Å². The number of nitrogens with two attached hydrogens (primary N) is 1. The third kappa shape index (κ3) is 2.28. The minimum absolute atomic E-state index is 0.395. The highest BCUT2D eigenvalue weighted by Gasteiger charge is 2.14. The van der Waals surface area contributed by atoms with Gasteiger partial charge >= 0.3 is 0 Å². The molecule has 5 heteroatoms. The van der Waals surface area contributed by atoms with Crippen LogP contribution in [0.3, 0.4) is 0 Å². The van der Waals surface area contributed by atoms with Gasteiger partial charge in [0, 0.05) is 17.1 Å². The van der Waals surface area contributed by atoms with Crippen LogP contribution in [-0.2, 0) is 6.54 Å². The van der Waals surface area contributed by atoms with Gasteiger partial charge < -0.3 is 15.5 Å². The van der Waals surface area contributed by atoms with Gasteiger partial charge in [0.05, 0.1) is 18.5 Å². The van der Waals surface area contributed by atoms with E-state index >= 15 is 0 Å². The molecule has 0 aliphatic carbocycles. The third-order valence-corrected chi connectivity index (χ3v) is 2.75. The molecule has 0 radical (unpaired) electrons. The fourth-order valence-electron chi connectivity index (χ4n) is 1.78. The molecule has 17 heavy (non-hydrogen) atoms. The van der Waals surface area contributed by atoms with Gasteiger partial charge in [-0.05, 0) is 25.1 Å². The van der Waals surface area contributed by atoms with Gasteiger partial charge in [-0.3, -0.25) is 0 Å². The van der Waals surface area contributed by atoms with E-state index in [2.05, 4.69) is 9.97 Å². The number of nitrogens with one attached hydrogen (secondary N) is 1. The number of rotatable bonds is 3. The van der Waals surface area contributed by atoms with Crippen LogP contribution in [0.2, 0.25) is 5.02 Å². The van der Waals surface area contributed by atoms with Crippen LogP contribution in [0, 0.1) is 6.92 Å². The zero-order valence-electron chi connectivity index (χ0n) is 9.75. The molecule has 3 N–H and O–H groups in total. The number of hydrogen-bond donors (Lipinski definition) is 2. The fraction of sp³-hybridized carbons (Fsp3) is 0.250. The first-order valence-corrected chi connectivity index (χ1v) is 5.63. The van der Waals surface area contributed by atoms with Crippen LogP contribution >= 0.6 is 11.6 Å². The Kier molecular flexibility index (Phi) is 3.36. The molecule has 0 amide bonds. The van der Waals surface area contributed by atoms with Crippen molar-refractivity contribution in [3.63, 3.8) is 0 Å². The minimum Gasteiger partial charge on any atom is -0.496 e. The Balaban J connectivity index is 2.61. The molecule has 0 aliphatic rings. The van der Waals surface area contributed by atoms with E-state index in [0.717, 1.165) is 28.5 Å². The highest BCUT2D eigenvalue weighted by molar-refractivity contribution is 6.31. The molecule has 0 aliphatic heterocycles. The smallest absolute Gasteiger partial charge is 0.128 e. The molecule has 0 unspecified atom stereocenters. The van der Waals surface area contributed by atoms with Crippen molar-refractivity contribution in [3.05, 3.63) is 34.7 Å². The molecule has 4 nitrogen and oxygen atoms in total. The summed E-state index contributed by atoms with van der Waals surface area (Å²) in [5.41, 5.74) is 8.21. The first-order valence-electron chi connectivity index (χ1n) is 5.25. The first-order chi connectivity index (χ1) is 8.15.